The van der Waals surface area contributed by atoms with E-state index in [9.17, 15) is 4.79 Å². The summed E-state index contributed by atoms with van der Waals surface area (Å²) in [5.41, 5.74) is 7.64. The maximum atomic E-state index is 13.3. The number of hydrogen-bond acceptors (Lipinski definition) is 3. The summed E-state index contributed by atoms with van der Waals surface area (Å²) in [6.45, 7) is 1.72. The number of carbonyl (C=O) groups is 1. The largest absolute Gasteiger partial charge is 0.297 e. The molecule has 33 heavy (non-hydrogen) atoms. The highest BCUT2D eigenvalue weighted by molar-refractivity contribution is 9.10. The van der Waals surface area contributed by atoms with Crippen LogP contribution in [0.4, 0.5) is 0 Å². The molecule has 0 radical (unpaired) electrons. The zero-order valence-corrected chi connectivity index (χ0v) is 20.8. The first-order chi connectivity index (χ1) is 16.0. The number of aromatic nitrogens is 2. The van der Waals surface area contributed by atoms with Crippen molar-refractivity contribution in [2.24, 2.45) is 0 Å². The van der Waals surface area contributed by atoms with E-state index in [0.29, 0.717) is 21.3 Å². The van der Waals surface area contributed by atoms with E-state index in [-0.39, 0.29) is 5.91 Å². The third-order valence-corrected chi connectivity index (χ3v) is 6.72. The van der Waals surface area contributed by atoms with Crippen molar-refractivity contribution < 1.29 is 4.79 Å². The van der Waals surface area contributed by atoms with E-state index in [4.69, 9.17) is 28.2 Å². The van der Waals surface area contributed by atoms with Crippen molar-refractivity contribution in [2.75, 3.05) is 13.1 Å². The maximum Gasteiger partial charge on any atom is 0.269 e. The van der Waals surface area contributed by atoms with Crippen molar-refractivity contribution in [1.29, 1.82) is 0 Å². The molecule has 0 bridgehead atoms. The van der Waals surface area contributed by atoms with Gasteiger partial charge in [-0.3, -0.25) is 14.6 Å². The molecular weight excluding hydrogens is 523 g/mol. The molecule has 1 aliphatic heterocycles. The molecule has 2 aromatic carbocycles. The summed E-state index contributed by atoms with van der Waals surface area (Å²) in [5.74, 6) is -0.168. The number of fused-ring (bicyclic) bond motifs is 1. The monoisotopic (exact) mass is 542 g/mol. The molecule has 1 aliphatic rings. The Kier molecular flexibility index (Phi) is 6.43. The Morgan fingerprint density at radius 3 is 2.15 bits per heavy atom. The van der Waals surface area contributed by atoms with Gasteiger partial charge >= 0.3 is 0 Å². The minimum atomic E-state index is -0.168. The number of pyridine rings is 1. The molecule has 0 aliphatic carbocycles. The highest BCUT2D eigenvalue weighted by Gasteiger charge is 2.23. The third kappa shape index (κ3) is 4.66. The zero-order chi connectivity index (χ0) is 22.9. The second kappa shape index (κ2) is 9.47. The van der Waals surface area contributed by atoms with Crippen molar-refractivity contribution in [1.82, 2.24) is 19.8 Å². The van der Waals surface area contributed by atoms with Crippen LogP contribution in [0.5, 0.6) is 0 Å². The summed E-state index contributed by atoms with van der Waals surface area (Å²) < 4.78 is 2.75. The average molecular weight is 544 g/mol. The minimum absolute atomic E-state index is 0.168. The number of nitrogens with zero attached hydrogens (tertiary/aromatic N) is 3. The lowest BCUT2D eigenvalue weighted by Gasteiger charge is -2.26. The Labute approximate surface area is 210 Å². The van der Waals surface area contributed by atoms with Crippen LogP contribution in [0.25, 0.3) is 28.2 Å². The molecule has 0 saturated carbocycles. The molecule has 3 heterocycles. The van der Waals surface area contributed by atoms with Crippen LogP contribution in [-0.4, -0.2) is 33.4 Å². The number of piperidine rings is 1. The summed E-state index contributed by atoms with van der Waals surface area (Å²) in [4.78, 5) is 18.3. The molecule has 0 unspecified atom stereocenters. The van der Waals surface area contributed by atoms with Gasteiger partial charge in [-0.05, 0) is 59.1 Å². The molecule has 1 saturated heterocycles. The normalized spacial score (nSPS) is 14.5. The minimum Gasteiger partial charge on any atom is -0.297 e. The summed E-state index contributed by atoms with van der Waals surface area (Å²) in [6, 6.07) is 17.0. The van der Waals surface area contributed by atoms with E-state index in [1.807, 2.05) is 70.2 Å². The zero-order valence-electron chi connectivity index (χ0n) is 17.7. The fraction of sp³-hybridized carbons (Fsp3) is 0.200. The van der Waals surface area contributed by atoms with Gasteiger partial charge in [0.05, 0.1) is 17.0 Å². The molecule has 0 spiro atoms. The van der Waals surface area contributed by atoms with Crippen LogP contribution in [0.15, 0.2) is 65.3 Å². The average Bonchev–Trinajstić information content (AvgIpc) is 3.19. The standard InChI is InChI=1S/C25H21BrCl2N4O/c26-18-14-21(25(33)30-31-12-2-1-3-13-31)24-29-22(16-4-8-19(27)9-5-16)23(32(24)15-18)17-6-10-20(28)11-7-17/h4-11,14-15H,1-3,12-13H2,(H,30,33). The Hall–Kier alpha value is -2.38. The number of nitrogens with one attached hydrogen (secondary N) is 1. The molecule has 1 fully saturated rings. The van der Waals surface area contributed by atoms with Gasteiger partial charge in [0, 0.05) is 44.9 Å². The number of amides is 1. The Bertz CT molecular complexity index is 1310. The molecule has 4 aromatic rings. The third-order valence-electron chi connectivity index (χ3n) is 5.78. The Morgan fingerprint density at radius 1 is 0.909 bits per heavy atom. The highest BCUT2D eigenvalue weighted by Crippen LogP contribution is 2.35. The predicted octanol–water partition coefficient (Wildman–Crippen LogP) is 6.87. The van der Waals surface area contributed by atoms with Gasteiger partial charge in [-0.25, -0.2) is 9.99 Å². The van der Waals surface area contributed by atoms with Crippen LogP contribution in [-0.2, 0) is 0 Å². The lowest BCUT2D eigenvalue weighted by molar-refractivity contribution is 0.0751. The summed E-state index contributed by atoms with van der Waals surface area (Å²) in [5, 5.41) is 3.30. The fourth-order valence-electron chi connectivity index (χ4n) is 4.18. The lowest BCUT2D eigenvalue weighted by atomic mass is 10.0. The predicted molar refractivity (Wildman–Crippen MR) is 137 cm³/mol. The number of carbonyl (C=O) groups excluding carboxylic acids is 1. The van der Waals surface area contributed by atoms with Crippen molar-refractivity contribution in [3.8, 4) is 22.5 Å². The molecular formula is C25H21BrCl2N4O. The first kappa shape index (κ1) is 22.4. The van der Waals surface area contributed by atoms with Crippen molar-refractivity contribution in [3.63, 3.8) is 0 Å². The summed E-state index contributed by atoms with van der Waals surface area (Å²) in [6.07, 6.45) is 5.30. The summed E-state index contributed by atoms with van der Waals surface area (Å²) in [7, 11) is 0. The number of imidazole rings is 1. The topological polar surface area (TPSA) is 49.6 Å². The molecule has 5 rings (SSSR count). The van der Waals surface area contributed by atoms with Gasteiger partial charge in [0.25, 0.3) is 5.91 Å². The highest BCUT2D eigenvalue weighted by atomic mass is 79.9. The van der Waals surface area contributed by atoms with Gasteiger partial charge in [0.1, 0.15) is 0 Å². The SMILES string of the molecule is O=C(NN1CCCCC1)c1cc(Br)cn2c(-c3ccc(Cl)cc3)c(-c3ccc(Cl)cc3)nc12. The van der Waals surface area contributed by atoms with E-state index in [2.05, 4.69) is 21.4 Å². The van der Waals surface area contributed by atoms with Crippen LogP contribution in [0, 0.1) is 0 Å². The van der Waals surface area contributed by atoms with Gasteiger partial charge in [-0.2, -0.15) is 0 Å². The van der Waals surface area contributed by atoms with Crippen LogP contribution in [0.1, 0.15) is 29.6 Å². The molecule has 5 nitrogen and oxygen atoms in total. The van der Waals surface area contributed by atoms with Crippen molar-refractivity contribution in [2.45, 2.75) is 19.3 Å². The first-order valence-corrected chi connectivity index (χ1v) is 12.3. The van der Waals surface area contributed by atoms with Gasteiger partial charge in [0.15, 0.2) is 5.65 Å². The quantitative estimate of drug-likeness (QED) is 0.305. The fourth-order valence-corrected chi connectivity index (χ4v) is 4.87. The number of rotatable bonds is 4. The van der Waals surface area contributed by atoms with Gasteiger partial charge in [-0.1, -0.05) is 53.9 Å². The lowest BCUT2D eigenvalue weighted by Crippen LogP contribution is -2.45. The Morgan fingerprint density at radius 2 is 1.52 bits per heavy atom. The number of benzene rings is 2. The van der Waals surface area contributed by atoms with E-state index >= 15 is 0 Å². The number of hydrazine groups is 1. The molecule has 1 N–H and O–H groups in total. The molecule has 168 valence electrons. The van der Waals surface area contributed by atoms with Crippen LogP contribution >= 0.6 is 39.1 Å². The van der Waals surface area contributed by atoms with E-state index in [1.165, 1.54) is 6.42 Å². The van der Waals surface area contributed by atoms with E-state index < -0.39 is 0 Å². The maximum absolute atomic E-state index is 13.3. The second-order valence-electron chi connectivity index (χ2n) is 8.08. The van der Waals surface area contributed by atoms with Crippen LogP contribution in [0.3, 0.4) is 0 Å². The molecule has 8 heteroatoms. The second-order valence-corrected chi connectivity index (χ2v) is 9.87. The van der Waals surface area contributed by atoms with Gasteiger partial charge in [-0.15, -0.1) is 0 Å². The smallest absolute Gasteiger partial charge is 0.269 e. The van der Waals surface area contributed by atoms with E-state index in [1.54, 1.807) is 0 Å². The molecule has 2 aromatic heterocycles. The number of halogens is 3. The number of hydrogen-bond donors (Lipinski definition) is 1. The van der Waals surface area contributed by atoms with E-state index in [0.717, 1.165) is 52.9 Å². The van der Waals surface area contributed by atoms with Crippen molar-refractivity contribution in [3.05, 3.63) is 80.9 Å². The van der Waals surface area contributed by atoms with Crippen LogP contribution in [0.2, 0.25) is 10.0 Å². The van der Waals surface area contributed by atoms with Gasteiger partial charge in [0.2, 0.25) is 0 Å². The first-order valence-electron chi connectivity index (χ1n) is 10.8. The molecule has 1 amide bonds. The Balaban J connectivity index is 1.69. The van der Waals surface area contributed by atoms with Gasteiger partial charge < -0.3 is 0 Å². The summed E-state index contributed by atoms with van der Waals surface area (Å²) >= 11 is 15.9. The molecule has 0 atom stereocenters. The van der Waals surface area contributed by atoms with Crippen molar-refractivity contribution >= 4 is 50.7 Å². The van der Waals surface area contributed by atoms with Crippen LogP contribution < -0.4 is 5.43 Å².